The van der Waals surface area contributed by atoms with E-state index < -0.39 is 5.97 Å². The van der Waals surface area contributed by atoms with Crippen LogP contribution in [0.5, 0.6) is 0 Å². The molecule has 4 nitrogen and oxygen atoms in total. The van der Waals surface area contributed by atoms with Crippen molar-refractivity contribution >= 4 is 17.3 Å². The molecule has 0 atom stereocenters. The largest absolute Gasteiger partial charge is 0.478 e. The van der Waals surface area contributed by atoms with Crippen LogP contribution in [-0.4, -0.2) is 24.2 Å². The van der Waals surface area contributed by atoms with Crippen molar-refractivity contribution in [3.05, 3.63) is 23.8 Å². The van der Waals surface area contributed by atoms with Gasteiger partial charge < -0.3 is 15.7 Å². The summed E-state index contributed by atoms with van der Waals surface area (Å²) in [5.41, 5.74) is 7.37. The number of carboxylic acid groups (broad SMARTS) is 1. The number of anilines is 2. The van der Waals surface area contributed by atoms with Crippen LogP contribution in [0.3, 0.4) is 0 Å². The molecule has 19 heavy (non-hydrogen) atoms. The lowest BCUT2D eigenvalue weighted by Crippen LogP contribution is -2.33. The number of nitrogens with zero attached hydrogens (tertiary/aromatic N) is 1. The number of rotatable bonds is 4. The van der Waals surface area contributed by atoms with E-state index in [2.05, 4.69) is 11.8 Å². The second-order valence-electron chi connectivity index (χ2n) is 5.30. The maximum Gasteiger partial charge on any atom is 0.337 e. The van der Waals surface area contributed by atoms with Crippen molar-refractivity contribution in [1.29, 1.82) is 0 Å². The van der Waals surface area contributed by atoms with Gasteiger partial charge in [-0.3, -0.25) is 0 Å². The topological polar surface area (TPSA) is 66.6 Å². The minimum absolute atomic E-state index is 0.185. The molecule has 0 unspecified atom stereocenters. The Morgan fingerprint density at radius 3 is 2.63 bits per heavy atom. The number of piperidine rings is 1. The molecular weight excluding hydrogens is 240 g/mol. The summed E-state index contributed by atoms with van der Waals surface area (Å²) in [6.45, 7) is 4.31. The summed E-state index contributed by atoms with van der Waals surface area (Å²) in [7, 11) is 0. The number of hydrogen-bond donors (Lipinski definition) is 2. The van der Waals surface area contributed by atoms with Crippen LogP contribution in [0, 0.1) is 5.92 Å². The Balaban J connectivity index is 2.04. The van der Waals surface area contributed by atoms with Gasteiger partial charge in [0.25, 0.3) is 0 Å². The lowest BCUT2D eigenvalue weighted by atomic mass is 9.92. The van der Waals surface area contributed by atoms with Gasteiger partial charge in [0, 0.05) is 24.5 Å². The first kappa shape index (κ1) is 13.7. The Kier molecular flexibility index (Phi) is 4.30. The third kappa shape index (κ3) is 3.19. The first-order valence-corrected chi connectivity index (χ1v) is 6.99. The number of benzene rings is 1. The number of nitrogens with two attached hydrogens (primary N) is 1. The smallest absolute Gasteiger partial charge is 0.337 e. The minimum Gasteiger partial charge on any atom is -0.478 e. The second kappa shape index (κ2) is 5.95. The summed E-state index contributed by atoms with van der Waals surface area (Å²) >= 11 is 0. The quantitative estimate of drug-likeness (QED) is 0.819. The Morgan fingerprint density at radius 2 is 2.11 bits per heavy atom. The third-order valence-electron chi connectivity index (χ3n) is 3.94. The molecule has 3 N–H and O–H groups in total. The molecule has 1 heterocycles. The van der Waals surface area contributed by atoms with Crippen molar-refractivity contribution in [2.75, 3.05) is 23.7 Å². The second-order valence-corrected chi connectivity index (χ2v) is 5.30. The summed E-state index contributed by atoms with van der Waals surface area (Å²) in [6.07, 6.45) is 5.00. The molecule has 1 aromatic rings. The number of nitrogen functional groups attached to an aromatic ring is 1. The van der Waals surface area contributed by atoms with Gasteiger partial charge in [-0.25, -0.2) is 4.79 Å². The van der Waals surface area contributed by atoms with E-state index in [1.165, 1.54) is 25.7 Å². The summed E-state index contributed by atoms with van der Waals surface area (Å²) < 4.78 is 0. The molecule has 1 aromatic carbocycles. The van der Waals surface area contributed by atoms with Crippen molar-refractivity contribution in [3.63, 3.8) is 0 Å². The van der Waals surface area contributed by atoms with E-state index in [0.29, 0.717) is 5.69 Å². The summed E-state index contributed by atoms with van der Waals surface area (Å²) in [5.74, 6) is -0.123. The Hall–Kier alpha value is -1.71. The summed E-state index contributed by atoms with van der Waals surface area (Å²) in [6, 6.07) is 5.24. The Morgan fingerprint density at radius 1 is 1.42 bits per heavy atom. The van der Waals surface area contributed by atoms with E-state index in [0.717, 1.165) is 24.7 Å². The molecular formula is C15H22N2O2. The molecule has 1 fully saturated rings. The van der Waals surface area contributed by atoms with Crippen LogP contribution in [0.1, 0.15) is 43.0 Å². The number of carboxylic acids is 1. The molecule has 2 rings (SSSR count). The van der Waals surface area contributed by atoms with Crippen LogP contribution in [0.2, 0.25) is 0 Å². The Labute approximate surface area is 114 Å². The first-order chi connectivity index (χ1) is 9.11. The van der Waals surface area contributed by atoms with Crippen LogP contribution < -0.4 is 10.6 Å². The highest BCUT2D eigenvalue weighted by Crippen LogP contribution is 2.28. The number of hydrogen-bond acceptors (Lipinski definition) is 3. The molecule has 0 spiro atoms. The maximum atomic E-state index is 10.9. The van der Waals surface area contributed by atoms with Gasteiger partial charge in [0.1, 0.15) is 0 Å². The molecule has 1 aliphatic heterocycles. The number of carbonyl (C=O) groups is 1. The first-order valence-electron chi connectivity index (χ1n) is 6.99. The zero-order valence-electron chi connectivity index (χ0n) is 11.4. The molecule has 0 amide bonds. The van der Waals surface area contributed by atoms with E-state index in [4.69, 9.17) is 10.8 Å². The zero-order chi connectivity index (χ0) is 13.8. The van der Waals surface area contributed by atoms with Gasteiger partial charge in [-0.15, -0.1) is 0 Å². The summed E-state index contributed by atoms with van der Waals surface area (Å²) in [5, 5.41) is 8.97. The van der Waals surface area contributed by atoms with Gasteiger partial charge in [0.2, 0.25) is 0 Å². The van der Waals surface area contributed by atoms with Crippen molar-refractivity contribution in [2.45, 2.75) is 32.6 Å². The highest BCUT2D eigenvalue weighted by atomic mass is 16.4. The van der Waals surface area contributed by atoms with Gasteiger partial charge in [-0.05, 0) is 37.0 Å². The van der Waals surface area contributed by atoms with Gasteiger partial charge in [-0.2, -0.15) is 0 Å². The average Bonchev–Trinajstić information content (AvgIpc) is 2.39. The normalized spacial score (nSPS) is 16.6. The van der Waals surface area contributed by atoms with Crippen LogP contribution >= 0.6 is 0 Å². The van der Waals surface area contributed by atoms with Gasteiger partial charge >= 0.3 is 5.97 Å². The van der Waals surface area contributed by atoms with E-state index in [1.807, 2.05) is 6.07 Å². The predicted octanol–water partition coefficient (Wildman–Crippen LogP) is 2.98. The molecule has 0 saturated carbocycles. The lowest BCUT2D eigenvalue weighted by Gasteiger charge is -2.33. The average molecular weight is 262 g/mol. The third-order valence-corrected chi connectivity index (χ3v) is 3.94. The van der Waals surface area contributed by atoms with Gasteiger partial charge in [0.15, 0.2) is 0 Å². The van der Waals surface area contributed by atoms with E-state index in [1.54, 1.807) is 12.1 Å². The van der Waals surface area contributed by atoms with Crippen molar-refractivity contribution in [3.8, 4) is 0 Å². The number of aromatic carboxylic acids is 1. The van der Waals surface area contributed by atoms with Gasteiger partial charge in [-0.1, -0.05) is 19.8 Å². The van der Waals surface area contributed by atoms with Crippen molar-refractivity contribution < 1.29 is 9.90 Å². The molecule has 1 saturated heterocycles. The fraction of sp³-hybridized carbons (Fsp3) is 0.533. The molecule has 104 valence electrons. The Bertz CT molecular complexity index is 451. The molecule has 0 radical (unpaired) electrons. The van der Waals surface area contributed by atoms with Gasteiger partial charge in [0.05, 0.1) is 5.56 Å². The van der Waals surface area contributed by atoms with E-state index in [-0.39, 0.29) is 5.56 Å². The van der Waals surface area contributed by atoms with Crippen LogP contribution in [0.15, 0.2) is 18.2 Å². The highest BCUT2D eigenvalue weighted by molar-refractivity contribution is 5.94. The highest BCUT2D eigenvalue weighted by Gasteiger charge is 2.19. The molecule has 1 aliphatic rings. The van der Waals surface area contributed by atoms with Crippen molar-refractivity contribution in [2.24, 2.45) is 5.92 Å². The van der Waals surface area contributed by atoms with Crippen LogP contribution in [0.4, 0.5) is 11.4 Å². The van der Waals surface area contributed by atoms with Crippen LogP contribution in [0.25, 0.3) is 0 Å². The fourth-order valence-corrected chi connectivity index (χ4v) is 2.83. The fourth-order valence-electron chi connectivity index (χ4n) is 2.83. The zero-order valence-corrected chi connectivity index (χ0v) is 11.4. The van der Waals surface area contributed by atoms with Crippen LogP contribution in [-0.2, 0) is 0 Å². The minimum atomic E-state index is -0.967. The lowest BCUT2D eigenvalue weighted by molar-refractivity contribution is 0.0698. The predicted molar refractivity (Wildman–Crippen MR) is 77.7 cm³/mol. The molecule has 0 bridgehead atoms. The van der Waals surface area contributed by atoms with Crippen molar-refractivity contribution in [1.82, 2.24) is 0 Å². The maximum absolute atomic E-state index is 10.9. The standard InChI is InChI=1S/C15H22N2O2/c1-2-3-11-6-8-17(9-7-11)12-4-5-13(15(18)19)14(16)10-12/h4-5,10-11H,2-3,6-9,16H2,1H3,(H,18,19). The summed E-state index contributed by atoms with van der Waals surface area (Å²) in [4.78, 5) is 13.2. The molecule has 4 heteroatoms. The molecule has 0 aliphatic carbocycles. The monoisotopic (exact) mass is 262 g/mol. The van der Waals surface area contributed by atoms with E-state index in [9.17, 15) is 4.79 Å². The molecule has 0 aromatic heterocycles. The van der Waals surface area contributed by atoms with E-state index >= 15 is 0 Å². The SMILES string of the molecule is CCCC1CCN(c2ccc(C(=O)O)c(N)c2)CC1.